The molecule has 3 aromatic carbocycles. The van der Waals surface area contributed by atoms with Crippen molar-refractivity contribution in [3.05, 3.63) is 89.5 Å². The number of aldehydes is 1. The van der Waals surface area contributed by atoms with Crippen LogP contribution < -0.4 is 14.2 Å². The van der Waals surface area contributed by atoms with Crippen molar-refractivity contribution >= 4 is 18.2 Å². The monoisotopic (exact) mass is 387 g/mol. The lowest BCUT2D eigenvalue weighted by Gasteiger charge is -2.07. The zero-order chi connectivity index (χ0) is 20.6. The maximum Gasteiger partial charge on any atom is 0.343 e. The van der Waals surface area contributed by atoms with Gasteiger partial charge in [0.1, 0.15) is 23.5 Å². The highest BCUT2D eigenvalue weighted by atomic mass is 16.5. The molecule has 0 spiro atoms. The minimum absolute atomic E-state index is 0.249. The van der Waals surface area contributed by atoms with E-state index < -0.39 is 11.9 Å². The van der Waals surface area contributed by atoms with Crippen LogP contribution in [-0.4, -0.2) is 18.2 Å². The predicted octanol–water partition coefficient (Wildman–Crippen LogP) is 3.80. The second kappa shape index (κ2) is 8.97. The Morgan fingerprint density at radius 1 is 0.690 bits per heavy atom. The molecule has 0 N–H and O–H groups in total. The fourth-order valence-electron chi connectivity index (χ4n) is 2.32. The van der Waals surface area contributed by atoms with Crippen LogP contribution in [0.3, 0.4) is 0 Å². The molecule has 0 aliphatic rings. The number of hydrogen-bond donors (Lipinski definition) is 0. The van der Waals surface area contributed by atoms with E-state index in [0.717, 1.165) is 0 Å². The van der Waals surface area contributed by atoms with Crippen LogP contribution in [0.2, 0.25) is 0 Å². The summed E-state index contributed by atoms with van der Waals surface area (Å²) >= 11 is 0. The number of nitriles is 1. The van der Waals surface area contributed by atoms with Gasteiger partial charge in [0.2, 0.25) is 0 Å². The van der Waals surface area contributed by atoms with Crippen LogP contribution in [0.5, 0.6) is 17.2 Å². The minimum atomic E-state index is -0.598. The fourth-order valence-corrected chi connectivity index (χ4v) is 2.32. The van der Waals surface area contributed by atoms with E-state index in [9.17, 15) is 14.4 Å². The number of nitrogens with zero attached hydrogens (tertiary/aromatic N) is 1. The average molecular weight is 387 g/mol. The van der Waals surface area contributed by atoms with Crippen molar-refractivity contribution < 1.29 is 28.6 Å². The predicted molar refractivity (Wildman–Crippen MR) is 101 cm³/mol. The summed E-state index contributed by atoms with van der Waals surface area (Å²) in [5.41, 5.74) is 1.02. The third-order valence-corrected chi connectivity index (χ3v) is 3.78. The average Bonchev–Trinajstić information content (AvgIpc) is 2.75. The smallest absolute Gasteiger partial charge is 0.343 e. The number of rotatable bonds is 6. The van der Waals surface area contributed by atoms with Gasteiger partial charge in [-0.05, 0) is 72.8 Å². The Labute approximate surface area is 165 Å². The maximum atomic E-state index is 12.2. The van der Waals surface area contributed by atoms with Gasteiger partial charge in [0.25, 0.3) is 6.26 Å². The molecule has 7 heteroatoms. The normalized spacial score (nSPS) is 9.76. The van der Waals surface area contributed by atoms with Crippen molar-refractivity contribution in [3.8, 4) is 23.5 Å². The molecule has 0 aliphatic heterocycles. The summed E-state index contributed by atoms with van der Waals surface area (Å²) < 4.78 is 15.1. The third kappa shape index (κ3) is 5.05. The van der Waals surface area contributed by atoms with Crippen LogP contribution in [0.25, 0.3) is 0 Å². The Morgan fingerprint density at radius 2 is 1.10 bits per heavy atom. The van der Waals surface area contributed by atoms with E-state index in [-0.39, 0.29) is 16.9 Å². The van der Waals surface area contributed by atoms with E-state index in [0.29, 0.717) is 23.3 Å². The summed E-state index contributed by atoms with van der Waals surface area (Å²) in [6.07, 6.45) is 2.23. The SMILES string of the molecule is N#COc1ccc(C(=O)Oc2ccc(C(=O)Oc3ccc(C=O)cc3)cc2)cc1. The number of esters is 2. The molecule has 7 nitrogen and oxygen atoms in total. The molecule has 0 heterocycles. The zero-order valence-electron chi connectivity index (χ0n) is 14.9. The van der Waals surface area contributed by atoms with Gasteiger partial charge in [0, 0.05) is 5.56 Å². The Bertz CT molecular complexity index is 1060. The van der Waals surface area contributed by atoms with E-state index in [2.05, 4.69) is 4.74 Å². The molecule has 0 unspecified atom stereocenters. The van der Waals surface area contributed by atoms with E-state index in [1.54, 1.807) is 0 Å². The summed E-state index contributed by atoms with van der Waals surface area (Å²) in [7, 11) is 0. The highest BCUT2D eigenvalue weighted by Gasteiger charge is 2.12. The van der Waals surface area contributed by atoms with Gasteiger partial charge in [-0.1, -0.05) is 0 Å². The Kier molecular flexibility index (Phi) is 5.98. The lowest BCUT2D eigenvalue weighted by Crippen LogP contribution is -2.10. The standard InChI is InChI=1S/C22H13NO6/c23-14-27-18-9-3-16(4-10-18)21(25)29-20-11-5-17(6-12-20)22(26)28-19-7-1-15(13-24)2-8-19/h1-13H. The van der Waals surface area contributed by atoms with Gasteiger partial charge in [-0.25, -0.2) is 9.59 Å². The largest absolute Gasteiger partial charge is 0.423 e. The van der Waals surface area contributed by atoms with E-state index in [1.807, 2.05) is 0 Å². The van der Waals surface area contributed by atoms with Crippen LogP contribution in [0.4, 0.5) is 0 Å². The minimum Gasteiger partial charge on any atom is -0.423 e. The molecule has 0 fully saturated rings. The summed E-state index contributed by atoms with van der Waals surface area (Å²) in [5, 5.41) is 8.45. The molecule has 0 saturated heterocycles. The lowest BCUT2D eigenvalue weighted by atomic mass is 10.2. The lowest BCUT2D eigenvalue weighted by molar-refractivity contribution is 0.0730. The summed E-state index contributed by atoms with van der Waals surface area (Å²) in [6, 6.07) is 17.9. The Balaban J connectivity index is 1.61. The van der Waals surface area contributed by atoms with Gasteiger partial charge >= 0.3 is 11.9 Å². The van der Waals surface area contributed by atoms with Crippen LogP contribution in [0.15, 0.2) is 72.8 Å². The first-order chi connectivity index (χ1) is 14.1. The maximum absolute atomic E-state index is 12.2. The number of benzene rings is 3. The van der Waals surface area contributed by atoms with Crippen molar-refractivity contribution in [2.75, 3.05) is 0 Å². The van der Waals surface area contributed by atoms with Crippen molar-refractivity contribution in [2.24, 2.45) is 0 Å². The van der Waals surface area contributed by atoms with Crippen LogP contribution >= 0.6 is 0 Å². The van der Waals surface area contributed by atoms with Crippen molar-refractivity contribution in [3.63, 3.8) is 0 Å². The first kappa shape index (κ1) is 19.3. The van der Waals surface area contributed by atoms with Gasteiger partial charge in [0.05, 0.1) is 11.1 Å². The molecular formula is C22H13NO6. The molecular weight excluding hydrogens is 374 g/mol. The van der Waals surface area contributed by atoms with Crippen molar-refractivity contribution in [2.45, 2.75) is 0 Å². The van der Waals surface area contributed by atoms with Crippen LogP contribution in [-0.2, 0) is 0 Å². The Morgan fingerprint density at radius 3 is 1.52 bits per heavy atom. The molecule has 0 bridgehead atoms. The molecule has 0 radical (unpaired) electrons. The first-order valence-corrected chi connectivity index (χ1v) is 8.35. The van der Waals surface area contributed by atoms with Gasteiger partial charge in [-0.15, -0.1) is 5.26 Å². The van der Waals surface area contributed by atoms with E-state index >= 15 is 0 Å². The third-order valence-electron chi connectivity index (χ3n) is 3.78. The van der Waals surface area contributed by atoms with Gasteiger partial charge in [0.15, 0.2) is 0 Å². The summed E-state index contributed by atoms with van der Waals surface area (Å²) in [5.74, 6) is -0.319. The molecule has 0 aromatic heterocycles. The number of hydrogen-bond acceptors (Lipinski definition) is 7. The van der Waals surface area contributed by atoms with Gasteiger partial charge < -0.3 is 14.2 Å². The summed E-state index contributed by atoms with van der Waals surface area (Å²) in [4.78, 5) is 35.0. The van der Waals surface area contributed by atoms with Crippen LogP contribution in [0.1, 0.15) is 31.1 Å². The first-order valence-electron chi connectivity index (χ1n) is 8.35. The second-order valence-corrected chi connectivity index (χ2v) is 5.71. The zero-order valence-corrected chi connectivity index (χ0v) is 14.9. The molecule has 3 aromatic rings. The molecule has 0 saturated carbocycles. The fraction of sp³-hybridized carbons (Fsp3) is 0. The highest BCUT2D eigenvalue weighted by molar-refractivity contribution is 5.92. The summed E-state index contributed by atoms with van der Waals surface area (Å²) in [6.45, 7) is 0. The van der Waals surface area contributed by atoms with Gasteiger partial charge in [-0.2, -0.15) is 0 Å². The van der Waals surface area contributed by atoms with Gasteiger partial charge in [-0.3, -0.25) is 4.79 Å². The molecule has 0 aliphatic carbocycles. The van der Waals surface area contributed by atoms with Crippen molar-refractivity contribution in [1.82, 2.24) is 0 Å². The topological polar surface area (TPSA) is 103 Å². The Hall–Kier alpha value is -4.44. The molecule has 0 amide bonds. The molecule has 29 heavy (non-hydrogen) atoms. The number of carbonyl (C=O) groups is 3. The number of ether oxygens (including phenoxy) is 3. The second-order valence-electron chi connectivity index (χ2n) is 5.71. The van der Waals surface area contributed by atoms with E-state index in [1.165, 1.54) is 79.1 Å². The van der Waals surface area contributed by atoms with Crippen molar-refractivity contribution in [1.29, 1.82) is 5.26 Å². The van der Waals surface area contributed by atoms with Crippen LogP contribution in [0, 0.1) is 11.5 Å². The number of carbonyl (C=O) groups excluding carboxylic acids is 3. The quantitative estimate of drug-likeness (QED) is 0.274. The molecule has 142 valence electrons. The molecule has 3 rings (SSSR count). The molecule has 0 atom stereocenters. The highest BCUT2D eigenvalue weighted by Crippen LogP contribution is 2.18. The van der Waals surface area contributed by atoms with E-state index in [4.69, 9.17) is 14.7 Å².